The monoisotopic (exact) mass is 335 g/mol. The van der Waals surface area contributed by atoms with Gasteiger partial charge in [-0.05, 0) is 24.6 Å². The fourth-order valence-corrected chi connectivity index (χ4v) is 2.98. The molecule has 0 amide bonds. The Kier molecular flexibility index (Phi) is 5.88. The second-order valence-corrected chi connectivity index (χ2v) is 8.79. The number of nitrogens with one attached hydrogen (secondary N) is 1. The van der Waals surface area contributed by atoms with Gasteiger partial charge in [0.05, 0.1) is 10.6 Å². The summed E-state index contributed by atoms with van der Waals surface area (Å²) in [5.74, 6) is -0.148. The summed E-state index contributed by atoms with van der Waals surface area (Å²) in [6, 6.07) is 6.35. The molecule has 0 bridgehead atoms. The first-order chi connectivity index (χ1) is 9.54. The highest BCUT2D eigenvalue weighted by molar-refractivity contribution is 7.89. The Balaban J connectivity index is 2.74. The first-order valence-electron chi connectivity index (χ1n) is 6.30. The second kappa shape index (κ2) is 6.84. The second-order valence-electron chi connectivity index (χ2n) is 4.90. The Morgan fingerprint density at radius 1 is 1.14 bits per heavy atom. The van der Waals surface area contributed by atoms with Crippen molar-refractivity contribution in [1.82, 2.24) is 9.62 Å². The molecule has 0 fully saturated rings. The van der Waals surface area contributed by atoms with E-state index in [9.17, 15) is 16.8 Å². The zero-order valence-corrected chi connectivity index (χ0v) is 13.9. The molecule has 0 aliphatic carbocycles. The van der Waals surface area contributed by atoms with Gasteiger partial charge in [0.1, 0.15) is 0 Å². The van der Waals surface area contributed by atoms with Crippen LogP contribution >= 0.6 is 0 Å². The van der Waals surface area contributed by atoms with Crippen molar-refractivity contribution in [3.05, 3.63) is 29.8 Å². The third kappa shape index (κ3) is 5.36. The highest BCUT2D eigenvalue weighted by Gasteiger charge is 2.17. The van der Waals surface area contributed by atoms with E-state index >= 15 is 0 Å². The van der Waals surface area contributed by atoms with Crippen molar-refractivity contribution in [2.75, 3.05) is 26.4 Å². The van der Waals surface area contributed by atoms with E-state index in [1.165, 1.54) is 26.2 Å². The summed E-state index contributed by atoms with van der Waals surface area (Å²) in [5.41, 5.74) is 0.863. The number of rotatable bonds is 7. The minimum Gasteiger partial charge on any atom is -0.309 e. The molecule has 120 valence electrons. The third-order valence-corrected chi connectivity index (χ3v) is 5.60. The number of benzene rings is 1. The first kappa shape index (κ1) is 18.1. The minimum atomic E-state index is -3.48. The number of hydrogen-bond donors (Lipinski definition) is 2. The van der Waals surface area contributed by atoms with E-state index in [2.05, 4.69) is 5.32 Å². The number of nitrogens with zero attached hydrogens (tertiary/aromatic N) is 1. The molecule has 1 aromatic carbocycles. The maximum atomic E-state index is 11.9. The largest absolute Gasteiger partial charge is 0.309 e. The van der Waals surface area contributed by atoms with Gasteiger partial charge in [-0.25, -0.2) is 26.3 Å². The van der Waals surface area contributed by atoms with Gasteiger partial charge < -0.3 is 5.32 Å². The van der Waals surface area contributed by atoms with Crippen LogP contribution in [0.5, 0.6) is 0 Å². The fraction of sp³-hybridized carbons (Fsp3) is 0.500. The molecule has 1 aromatic rings. The highest BCUT2D eigenvalue weighted by atomic mass is 32.2. The van der Waals surface area contributed by atoms with Gasteiger partial charge >= 0.3 is 0 Å². The van der Waals surface area contributed by atoms with Crippen molar-refractivity contribution in [3.63, 3.8) is 0 Å². The lowest BCUT2D eigenvalue weighted by Crippen LogP contribution is -2.29. The number of hydrogen-bond acceptors (Lipinski definition) is 5. The van der Waals surface area contributed by atoms with E-state index in [4.69, 9.17) is 5.14 Å². The molecule has 0 aromatic heterocycles. The summed E-state index contributed by atoms with van der Waals surface area (Å²) >= 11 is 0. The topological polar surface area (TPSA) is 110 Å². The molecule has 7 nitrogen and oxygen atoms in total. The SMILES string of the molecule is CC(NCCS(N)(=O)=O)c1ccc(S(=O)(=O)N(C)C)cc1. The van der Waals surface area contributed by atoms with E-state index in [0.29, 0.717) is 0 Å². The molecule has 9 heteroatoms. The Morgan fingerprint density at radius 2 is 1.67 bits per heavy atom. The molecule has 0 aliphatic rings. The average Bonchev–Trinajstić information content (AvgIpc) is 2.37. The molecule has 0 heterocycles. The van der Waals surface area contributed by atoms with Crippen LogP contribution in [0.2, 0.25) is 0 Å². The van der Waals surface area contributed by atoms with Crippen LogP contribution in [0.15, 0.2) is 29.2 Å². The summed E-state index contributed by atoms with van der Waals surface area (Å²) in [5, 5.41) is 7.93. The van der Waals surface area contributed by atoms with Crippen LogP contribution in [0.3, 0.4) is 0 Å². The van der Waals surface area contributed by atoms with Crippen LogP contribution in [0.25, 0.3) is 0 Å². The molecule has 1 unspecified atom stereocenters. The van der Waals surface area contributed by atoms with Crippen LogP contribution < -0.4 is 10.5 Å². The number of nitrogens with two attached hydrogens (primary N) is 1. The Labute approximate surface area is 126 Å². The smallest absolute Gasteiger partial charge is 0.242 e. The van der Waals surface area contributed by atoms with Crippen LogP contribution in [-0.2, 0) is 20.0 Å². The number of primary sulfonamides is 1. The molecule has 3 N–H and O–H groups in total. The molecule has 0 aliphatic heterocycles. The van der Waals surface area contributed by atoms with E-state index in [-0.39, 0.29) is 23.2 Å². The maximum absolute atomic E-state index is 11.9. The summed E-state index contributed by atoms with van der Waals surface area (Å²) < 4.78 is 46.7. The Morgan fingerprint density at radius 3 is 2.10 bits per heavy atom. The third-order valence-electron chi connectivity index (χ3n) is 3.00. The van der Waals surface area contributed by atoms with E-state index < -0.39 is 20.0 Å². The molecular formula is C12H21N3O4S2. The summed E-state index contributed by atoms with van der Waals surface area (Å²) in [7, 11) is -3.98. The van der Waals surface area contributed by atoms with Gasteiger partial charge in [0, 0.05) is 26.7 Å². The number of sulfonamides is 2. The summed E-state index contributed by atoms with van der Waals surface area (Å²) in [4.78, 5) is 0.216. The van der Waals surface area contributed by atoms with Crippen LogP contribution in [-0.4, -0.2) is 47.5 Å². The van der Waals surface area contributed by atoms with Crippen molar-refractivity contribution >= 4 is 20.0 Å². The summed E-state index contributed by atoms with van der Waals surface area (Å²) in [6.07, 6.45) is 0. The molecule has 0 radical (unpaired) electrons. The quantitative estimate of drug-likeness (QED) is 0.722. The molecule has 0 spiro atoms. The Hall–Kier alpha value is -1.00. The van der Waals surface area contributed by atoms with Gasteiger partial charge in [0.25, 0.3) is 0 Å². The fourth-order valence-electron chi connectivity index (χ4n) is 1.67. The zero-order chi connectivity index (χ0) is 16.3. The lowest BCUT2D eigenvalue weighted by Gasteiger charge is -2.15. The lowest BCUT2D eigenvalue weighted by molar-refractivity contribution is 0.520. The normalized spacial score (nSPS) is 14.3. The van der Waals surface area contributed by atoms with Crippen LogP contribution in [0.4, 0.5) is 0 Å². The van der Waals surface area contributed by atoms with Crippen molar-refractivity contribution in [2.24, 2.45) is 5.14 Å². The average molecular weight is 335 g/mol. The maximum Gasteiger partial charge on any atom is 0.242 e. The van der Waals surface area contributed by atoms with E-state index in [1.54, 1.807) is 12.1 Å². The molecule has 21 heavy (non-hydrogen) atoms. The van der Waals surface area contributed by atoms with Crippen LogP contribution in [0, 0.1) is 0 Å². The van der Waals surface area contributed by atoms with Crippen molar-refractivity contribution in [2.45, 2.75) is 17.9 Å². The first-order valence-corrected chi connectivity index (χ1v) is 9.46. The zero-order valence-electron chi connectivity index (χ0n) is 12.3. The lowest BCUT2D eigenvalue weighted by atomic mass is 10.1. The van der Waals surface area contributed by atoms with Gasteiger partial charge in [-0.3, -0.25) is 0 Å². The predicted octanol–water partition coefficient (Wildman–Crippen LogP) is -0.124. The van der Waals surface area contributed by atoms with Crippen LogP contribution in [0.1, 0.15) is 18.5 Å². The van der Waals surface area contributed by atoms with Gasteiger partial charge in [0.2, 0.25) is 20.0 Å². The standard InChI is InChI=1S/C12H21N3O4S2/c1-10(14-8-9-20(13,16)17)11-4-6-12(7-5-11)21(18,19)15(2)3/h4-7,10,14H,8-9H2,1-3H3,(H2,13,16,17). The molecule has 1 atom stereocenters. The molecule has 0 saturated carbocycles. The van der Waals surface area contributed by atoms with E-state index in [1.807, 2.05) is 6.92 Å². The Bertz CT molecular complexity index is 667. The predicted molar refractivity (Wildman–Crippen MR) is 81.7 cm³/mol. The van der Waals surface area contributed by atoms with Gasteiger partial charge in [0.15, 0.2) is 0 Å². The molecular weight excluding hydrogens is 314 g/mol. The minimum absolute atomic E-state index is 0.108. The van der Waals surface area contributed by atoms with Gasteiger partial charge in [-0.2, -0.15) is 0 Å². The van der Waals surface area contributed by atoms with Gasteiger partial charge in [-0.15, -0.1) is 0 Å². The summed E-state index contributed by atoms with van der Waals surface area (Å²) in [6.45, 7) is 2.09. The van der Waals surface area contributed by atoms with Crippen molar-refractivity contribution in [3.8, 4) is 0 Å². The van der Waals surface area contributed by atoms with Crippen molar-refractivity contribution < 1.29 is 16.8 Å². The van der Waals surface area contributed by atoms with E-state index in [0.717, 1.165) is 9.87 Å². The molecule has 1 rings (SSSR count). The van der Waals surface area contributed by atoms with Crippen molar-refractivity contribution in [1.29, 1.82) is 0 Å². The molecule has 0 saturated heterocycles. The highest BCUT2D eigenvalue weighted by Crippen LogP contribution is 2.17. The van der Waals surface area contributed by atoms with Gasteiger partial charge in [-0.1, -0.05) is 12.1 Å².